The third kappa shape index (κ3) is 3.93. The van der Waals surface area contributed by atoms with E-state index in [1.165, 1.54) is 19.1 Å². The zero-order chi connectivity index (χ0) is 23.7. The van der Waals surface area contributed by atoms with Crippen molar-refractivity contribution in [2.75, 3.05) is 41.4 Å². The third-order valence-electron chi connectivity index (χ3n) is 5.91. The summed E-state index contributed by atoms with van der Waals surface area (Å²) in [4.78, 5) is 33.0. The lowest BCUT2D eigenvalue weighted by atomic mass is 9.94. The summed E-state index contributed by atoms with van der Waals surface area (Å²) in [6, 6.07) is 11.8. The number of fused-ring (bicyclic) bond motifs is 1. The quantitative estimate of drug-likeness (QED) is 0.327. The van der Waals surface area contributed by atoms with Crippen molar-refractivity contribution in [3.63, 3.8) is 0 Å². The van der Waals surface area contributed by atoms with Gasteiger partial charge in [0.25, 0.3) is 11.7 Å². The number of nitrogens with zero attached hydrogens (tertiary/aromatic N) is 2. The Kier molecular flexibility index (Phi) is 6.11. The van der Waals surface area contributed by atoms with Crippen LogP contribution in [-0.4, -0.2) is 73.0 Å². The van der Waals surface area contributed by atoms with E-state index in [0.29, 0.717) is 30.2 Å². The molecule has 0 aliphatic carbocycles. The maximum absolute atomic E-state index is 13.2. The van der Waals surface area contributed by atoms with E-state index in [0.717, 1.165) is 16.5 Å². The van der Waals surface area contributed by atoms with Gasteiger partial charge in [-0.3, -0.25) is 9.59 Å². The lowest BCUT2D eigenvalue weighted by Gasteiger charge is -2.26. The number of carbonyl (C=O) groups excluding carboxylic acids is 2. The number of likely N-dealkylation sites (N-methyl/N-ethyl adjacent to an activating group) is 1. The van der Waals surface area contributed by atoms with Gasteiger partial charge in [-0.2, -0.15) is 0 Å². The van der Waals surface area contributed by atoms with Crippen molar-refractivity contribution in [3.8, 4) is 11.5 Å². The predicted molar refractivity (Wildman–Crippen MR) is 125 cm³/mol. The molecule has 2 N–H and O–H groups in total. The molecule has 2 heterocycles. The first-order valence-electron chi connectivity index (χ1n) is 10.6. The molecule has 0 saturated carbocycles. The van der Waals surface area contributed by atoms with Gasteiger partial charge in [-0.15, -0.1) is 0 Å². The minimum absolute atomic E-state index is 0.0342. The van der Waals surface area contributed by atoms with Crippen LogP contribution in [0.2, 0.25) is 0 Å². The lowest BCUT2D eigenvalue weighted by molar-refractivity contribution is -0.140. The summed E-state index contributed by atoms with van der Waals surface area (Å²) < 4.78 is 10.7. The molecule has 8 heteroatoms. The second-order valence-corrected chi connectivity index (χ2v) is 8.15. The number of rotatable bonds is 7. The number of ketones is 1. The van der Waals surface area contributed by atoms with Crippen LogP contribution >= 0.6 is 0 Å². The molecule has 3 aromatic rings. The summed E-state index contributed by atoms with van der Waals surface area (Å²) in [5.41, 5.74) is 1.98. The highest BCUT2D eigenvalue weighted by atomic mass is 16.5. The number of hydrogen-bond acceptors (Lipinski definition) is 6. The molecule has 1 aliphatic rings. The van der Waals surface area contributed by atoms with Gasteiger partial charge in [0.05, 0.1) is 31.4 Å². The minimum Gasteiger partial charge on any atom is -0.507 e. The standard InChI is InChI=1S/C25H27N3O5/c1-27(2)11-12-28-22(18-14-26-19-8-6-5-7-16(18)19)21(24(30)25(28)31)23(29)17-10-9-15(32-3)13-20(17)33-4/h5-10,13-14,22,26,29H,11-12H2,1-4H3/b23-21+. The number of aliphatic hydroxyl groups excluding tert-OH is 1. The van der Waals surface area contributed by atoms with Gasteiger partial charge in [0, 0.05) is 41.8 Å². The average molecular weight is 450 g/mol. The van der Waals surface area contributed by atoms with Crippen LogP contribution in [0, 0.1) is 0 Å². The van der Waals surface area contributed by atoms with E-state index >= 15 is 0 Å². The zero-order valence-electron chi connectivity index (χ0n) is 19.1. The number of Topliss-reactive ketones (excluding diaryl/α,β-unsaturated/α-hetero) is 1. The Bertz CT molecular complexity index is 1240. The highest BCUT2D eigenvalue weighted by molar-refractivity contribution is 6.46. The number of aromatic nitrogens is 1. The van der Waals surface area contributed by atoms with E-state index in [2.05, 4.69) is 4.98 Å². The number of para-hydroxylation sites is 1. The zero-order valence-corrected chi connectivity index (χ0v) is 19.1. The molecule has 1 amide bonds. The highest BCUT2D eigenvalue weighted by Gasteiger charge is 2.47. The van der Waals surface area contributed by atoms with Gasteiger partial charge in [-0.25, -0.2) is 0 Å². The van der Waals surface area contributed by atoms with Crippen molar-refractivity contribution >= 4 is 28.4 Å². The number of H-pyrrole nitrogens is 1. The van der Waals surface area contributed by atoms with Gasteiger partial charge < -0.3 is 29.4 Å². The second kappa shape index (κ2) is 8.99. The molecule has 1 atom stereocenters. The monoisotopic (exact) mass is 449 g/mol. The van der Waals surface area contributed by atoms with Gasteiger partial charge in [0.15, 0.2) is 0 Å². The number of carbonyl (C=O) groups is 2. The second-order valence-electron chi connectivity index (χ2n) is 8.15. The molecule has 172 valence electrons. The van der Waals surface area contributed by atoms with E-state index in [4.69, 9.17) is 9.47 Å². The molecule has 1 unspecified atom stereocenters. The van der Waals surface area contributed by atoms with Gasteiger partial charge in [-0.1, -0.05) is 18.2 Å². The molecule has 1 fully saturated rings. The molecule has 33 heavy (non-hydrogen) atoms. The Morgan fingerprint density at radius 1 is 1.12 bits per heavy atom. The van der Waals surface area contributed by atoms with Crippen LogP contribution in [0.5, 0.6) is 11.5 Å². The first-order valence-corrected chi connectivity index (χ1v) is 10.6. The molecule has 1 aliphatic heterocycles. The molecule has 2 aromatic carbocycles. The van der Waals surface area contributed by atoms with E-state index < -0.39 is 17.7 Å². The molecule has 4 rings (SSSR count). The van der Waals surface area contributed by atoms with Gasteiger partial charge in [0.2, 0.25) is 0 Å². The predicted octanol–water partition coefficient (Wildman–Crippen LogP) is 3.17. The number of amides is 1. The first-order chi connectivity index (χ1) is 15.9. The van der Waals surface area contributed by atoms with Crippen molar-refractivity contribution in [2.45, 2.75) is 6.04 Å². The minimum atomic E-state index is -0.743. The maximum atomic E-state index is 13.2. The number of likely N-dealkylation sites (tertiary alicyclic amines) is 1. The lowest BCUT2D eigenvalue weighted by Crippen LogP contribution is -2.35. The van der Waals surface area contributed by atoms with Crippen LogP contribution < -0.4 is 9.47 Å². The fraction of sp³-hybridized carbons (Fsp3) is 0.280. The van der Waals surface area contributed by atoms with E-state index in [1.54, 1.807) is 24.4 Å². The van der Waals surface area contributed by atoms with Gasteiger partial charge >= 0.3 is 0 Å². The summed E-state index contributed by atoms with van der Waals surface area (Å²) in [7, 11) is 6.80. The topological polar surface area (TPSA) is 95.1 Å². The summed E-state index contributed by atoms with van der Waals surface area (Å²) in [6.45, 7) is 0.899. The summed E-state index contributed by atoms with van der Waals surface area (Å²) in [5, 5.41) is 12.2. The smallest absolute Gasteiger partial charge is 0.295 e. The Morgan fingerprint density at radius 3 is 2.58 bits per heavy atom. The number of benzene rings is 2. The third-order valence-corrected chi connectivity index (χ3v) is 5.91. The number of hydrogen-bond donors (Lipinski definition) is 2. The summed E-state index contributed by atoms with van der Waals surface area (Å²) in [6.07, 6.45) is 1.79. The highest BCUT2D eigenvalue weighted by Crippen LogP contribution is 2.43. The van der Waals surface area contributed by atoms with Crippen molar-refractivity contribution < 1.29 is 24.2 Å². The Labute approximate surface area is 192 Å². The van der Waals surface area contributed by atoms with E-state index in [1.807, 2.05) is 43.3 Å². The Morgan fingerprint density at radius 2 is 1.88 bits per heavy atom. The molecular formula is C25H27N3O5. The largest absolute Gasteiger partial charge is 0.507 e. The van der Waals surface area contributed by atoms with Crippen molar-refractivity contribution in [1.29, 1.82) is 0 Å². The van der Waals surface area contributed by atoms with Crippen molar-refractivity contribution in [2.24, 2.45) is 0 Å². The molecule has 0 bridgehead atoms. The van der Waals surface area contributed by atoms with Crippen LogP contribution in [0.4, 0.5) is 0 Å². The summed E-state index contributed by atoms with van der Waals surface area (Å²) >= 11 is 0. The van der Waals surface area contributed by atoms with E-state index in [-0.39, 0.29) is 11.3 Å². The van der Waals surface area contributed by atoms with Crippen molar-refractivity contribution in [3.05, 3.63) is 65.4 Å². The Hall–Kier alpha value is -3.78. The van der Waals surface area contributed by atoms with Crippen LogP contribution in [0.15, 0.2) is 54.2 Å². The molecule has 8 nitrogen and oxygen atoms in total. The van der Waals surface area contributed by atoms with Crippen LogP contribution in [0.1, 0.15) is 17.2 Å². The SMILES string of the molecule is COc1ccc(/C(O)=C2\C(=O)C(=O)N(CCN(C)C)C2c2c[nH]c3ccccc23)c(OC)c1. The Balaban J connectivity index is 1.93. The number of nitrogens with one attached hydrogen (secondary N) is 1. The molecule has 0 spiro atoms. The van der Waals surface area contributed by atoms with Crippen LogP contribution in [0.3, 0.4) is 0 Å². The summed E-state index contributed by atoms with van der Waals surface area (Å²) in [5.74, 6) is -0.761. The average Bonchev–Trinajstić information content (AvgIpc) is 3.35. The number of methoxy groups -OCH3 is 2. The number of aromatic amines is 1. The van der Waals surface area contributed by atoms with Crippen LogP contribution in [-0.2, 0) is 9.59 Å². The number of ether oxygens (including phenoxy) is 2. The van der Waals surface area contributed by atoms with Gasteiger partial charge in [-0.05, 0) is 32.3 Å². The molecule has 0 radical (unpaired) electrons. The maximum Gasteiger partial charge on any atom is 0.295 e. The fourth-order valence-electron chi connectivity index (χ4n) is 4.20. The number of aliphatic hydroxyl groups is 1. The van der Waals surface area contributed by atoms with Crippen molar-refractivity contribution in [1.82, 2.24) is 14.8 Å². The molecule has 1 aromatic heterocycles. The molecular weight excluding hydrogens is 422 g/mol. The fourth-order valence-corrected chi connectivity index (χ4v) is 4.20. The van der Waals surface area contributed by atoms with Crippen LogP contribution in [0.25, 0.3) is 16.7 Å². The molecule has 1 saturated heterocycles. The van der Waals surface area contributed by atoms with Gasteiger partial charge in [0.1, 0.15) is 17.3 Å². The van der Waals surface area contributed by atoms with E-state index in [9.17, 15) is 14.7 Å². The normalized spacial score (nSPS) is 17.8. The first kappa shape index (κ1) is 22.4.